The smallest absolute Gasteiger partial charge is 0.253 e. The van der Waals surface area contributed by atoms with Crippen molar-refractivity contribution in [1.82, 2.24) is 14.7 Å². The summed E-state index contributed by atoms with van der Waals surface area (Å²) < 4.78 is 15.9. The Morgan fingerprint density at radius 2 is 1.80 bits per heavy atom. The number of halogens is 3. The number of imidazole rings is 1. The van der Waals surface area contributed by atoms with Gasteiger partial charge in [0.15, 0.2) is 0 Å². The number of fused-ring (bicyclic) bond motifs is 1. The van der Waals surface area contributed by atoms with Gasteiger partial charge in [0.05, 0.1) is 33.5 Å². The quantitative estimate of drug-likeness (QED) is 0.399. The van der Waals surface area contributed by atoms with E-state index in [1.165, 1.54) is 6.07 Å². The number of benzene rings is 2. The number of hydrogen-bond donors (Lipinski definition) is 1. The van der Waals surface area contributed by atoms with Crippen LogP contribution in [-0.4, -0.2) is 15.3 Å². The number of amides is 1. The molecule has 0 saturated carbocycles. The van der Waals surface area contributed by atoms with Crippen molar-refractivity contribution < 1.29 is 9.18 Å². The fourth-order valence-electron chi connectivity index (χ4n) is 3.65. The van der Waals surface area contributed by atoms with Crippen molar-refractivity contribution in [3.63, 3.8) is 0 Å². The second-order valence-corrected chi connectivity index (χ2v) is 7.88. The van der Waals surface area contributed by atoms with E-state index in [1.807, 2.05) is 60.8 Å². The van der Waals surface area contributed by atoms with Gasteiger partial charge in [-0.2, -0.15) is 0 Å². The minimum absolute atomic E-state index is 0.0172. The molecule has 0 fully saturated rings. The second kappa shape index (κ2) is 8.09. The van der Waals surface area contributed by atoms with E-state index in [2.05, 4.69) is 10.3 Å². The van der Waals surface area contributed by atoms with Crippen LogP contribution in [-0.2, 0) is 0 Å². The molecule has 0 saturated heterocycles. The van der Waals surface area contributed by atoms with Crippen LogP contribution in [0.3, 0.4) is 0 Å². The van der Waals surface area contributed by atoms with Crippen LogP contribution in [0.4, 0.5) is 4.39 Å². The highest BCUT2D eigenvalue weighted by molar-refractivity contribution is 6.36. The maximum atomic E-state index is 14.0. The minimum atomic E-state index is -0.704. The first-order valence-electron chi connectivity index (χ1n) is 9.30. The number of rotatable bonds is 4. The molecule has 1 N–H and O–H groups in total. The van der Waals surface area contributed by atoms with Gasteiger partial charge in [-0.05, 0) is 54.8 Å². The fourth-order valence-corrected chi connectivity index (χ4v) is 4.12. The molecular formula is C23H18Cl2FN3O. The summed E-state index contributed by atoms with van der Waals surface area (Å²) in [5.74, 6) is -1.21. The molecule has 1 amide bonds. The van der Waals surface area contributed by atoms with Gasteiger partial charge in [0.2, 0.25) is 0 Å². The third kappa shape index (κ3) is 3.66. The number of carbonyl (C=O) groups excluding carboxylic acids is 1. The Balaban J connectivity index is 1.85. The lowest BCUT2D eigenvalue weighted by Crippen LogP contribution is -2.31. The molecule has 7 heteroatoms. The van der Waals surface area contributed by atoms with E-state index in [0.29, 0.717) is 0 Å². The molecule has 0 bridgehead atoms. The molecule has 0 aliphatic rings. The monoisotopic (exact) mass is 441 g/mol. The van der Waals surface area contributed by atoms with Crippen LogP contribution >= 0.6 is 23.2 Å². The first-order valence-corrected chi connectivity index (χ1v) is 10.1. The lowest BCUT2D eigenvalue weighted by Gasteiger charge is -2.23. The van der Waals surface area contributed by atoms with Crippen LogP contribution in [0.2, 0.25) is 10.0 Å². The maximum absolute atomic E-state index is 14.0. The third-order valence-electron chi connectivity index (χ3n) is 5.10. The molecule has 4 nitrogen and oxygen atoms in total. The van der Waals surface area contributed by atoms with Crippen molar-refractivity contribution in [2.75, 3.05) is 0 Å². The van der Waals surface area contributed by atoms with E-state index in [-0.39, 0.29) is 15.6 Å². The molecule has 1 atom stereocenters. The van der Waals surface area contributed by atoms with Crippen molar-refractivity contribution >= 4 is 34.8 Å². The van der Waals surface area contributed by atoms with Crippen molar-refractivity contribution in [2.24, 2.45) is 0 Å². The fraction of sp³-hybridized carbons (Fsp3) is 0.130. The van der Waals surface area contributed by atoms with Gasteiger partial charge in [-0.15, -0.1) is 0 Å². The van der Waals surface area contributed by atoms with E-state index >= 15 is 0 Å². The van der Waals surface area contributed by atoms with Crippen molar-refractivity contribution in [1.29, 1.82) is 0 Å². The van der Waals surface area contributed by atoms with Gasteiger partial charge in [0.1, 0.15) is 11.5 Å². The number of nitrogens with one attached hydrogen (secondary N) is 1. The zero-order chi connectivity index (χ0) is 21.4. The van der Waals surface area contributed by atoms with Crippen molar-refractivity contribution in [3.05, 3.63) is 105 Å². The van der Waals surface area contributed by atoms with E-state index in [1.54, 1.807) is 6.20 Å². The Morgan fingerprint density at radius 3 is 2.53 bits per heavy atom. The van der Waals surface area contributed by atoms with Crippen LogP contribution in [0.5, 0.6) is 0 Å². The Kier molecular flexibility index (Phi) is 5.50. The zero-order valence-corrected chi connectivity index (χ0v) is 17.8. The summed E-state index contributed by atoms with van der Waals surface area (Å²) in [5, 5.41) is 2.97. The van der Waals surface area contributed by atoms with E-state index in [9.17, 15) is 9.18 Å². The molecule has 30 heavy (non-hydrogen) atoms. The summed E-state index contributed by atoms with van der Waals surface area (Å²) in [6.07, 6.45) is 3.62. The predicted molar refractivity (Wildman–Crippen MR) is 117 cm³/mol. The van der Waals surface area contributed by atoms with Crippen molar-refractivity contribution in [3.8, 4) is 0 Å². The van der Waals surface area contributed by atoms with Crippen LogP contribution in [0.1, 0.15) is 38.8 Å². The first-order chi connectivity index (χ1) is 14.4. The van der Waals surface area contributed by atoms with E-state index in [4.69, 9.17) is 23.2 Å². The number of hydrogen-bond acceptors (Lipinski definition) is 2. The molecular weight excluding hydrogens is 424 g/mol. The van der Waals surface area contributed by atoms with Gasteiger partial charge >= 0.3 is 0 Å². The third-order valence-corrected chi connectivity index (χ3v) is 5.70. The van der Waals surface area contributed by atoms with E-state index in [0.717, 1.165) is 34.1 Å². The largest absolute Gasteiger partial charge is 0.339 e. The minimum Gasteiger partial charge on any atom is -0.339 e. The summed E-state index contributed by atoms with van der Waals surface area (Å²) in [4.78, 5) is 17.6. The number of aryl methyl sites for hydroxylation is 2. The number of pyridine rings is 1. The highest BCUT2D eigenvalue weighted by Gasteiger charge is 2.25. The summed E-state index contributed by atoms with van der Waals surface area (Å²) in [6, 6.07) is 13.4. The normalized spacial score (nSPS) is 12.2. The topological polar surface area (TPSA) is 46.4 Å². The number of carbonyl (C=O) groups is 1. The summed E-state index contributed by atoms with van der Waals surface area (Å²) in [5.41, 5.74) is 4.53. The average Bonchev–Trinajstić information content (AvgIpc) is 3.13. The molecule has 2 aromatic carbocycles. The Labute approximate surface area is 183 Å². The molecule has 152 valence electrons. The molecule has 0 aliphatic heterocycles. The molecule has 0 radical (unpaired) electrons. The number of aromatic nitrogens is 2. The van der Waals surface area contributed by atoms with Gasteiger partial charge in [-0.1, -0.05) is 47.5 Å². The van der Waals surface area contributed by atoms with Gasteiger partial charge in [-0.25, -0.2) is 9.37 Å². The lowest BCUT2D eigenvalue weighted by molar-refractivity contribution is 0.0941. The maximum Gasteiger partial charge on any atom is 0.253 e. The summed E-state index contributed by atoms with van der Waals surface area (Å²) in [6.45, 7) is 3.97. The molecule has 2 heterocycles. The molecule has 1 unspecified atom stereocenters. The zero-order valence-electron chi connectivity index (χ0n) is 16.3. The molecule has 0 aliphatic carbocycles. The second-order valence-electron chi connectivity index (χ2n) is 7.07. The van der Waals surface area contributed by atoms with Crippen molar-refractivity contribution in [2.45, 2.75) is 19.9 Å². The molecule has 0 spiro atoms. The van der Waals surface area contributed by atoms with Crippen LogP contribution in [0, 0.1) is 19.7 Å². The van der Waals surface area contributed by atoms with Crippen LogP contribution < -0.4 is 5.32 Å². The van der Waals surface area contributed by atoms with Gasteiger partial charge in [0, 0.05) is 6.20 Å². The Bertz CT molecular complexity index is 1250. The van der Waals surface area contributed by atoms with Gasteiger partial charge in [0.25, 0.3) is 5.91 Å². The standard InChI is InChI=1S/C23H18Cl2FN3O/c1-13-6-5-7-14(2)21(13)22(19-12-27-20-8-3-4-9-29(19)20)28-23(30)15-10-18(26)17(25)11-16(15)24/h3-12,22H,1-2H3,(H,28,30). The summed E-state index contributed by atoms with van der Waals surface area (Å²) >= 11 is 12.0. The SMILES string of the molecule is Cc1cccc(C)c1C(NC(=O)c1cc(F)c(Cl)cc1Cl)c1cnc2ccccn12. The van der Waals surface area contributed by atoms with Gasteiger partial charge in [-0.3, -0.25) is 4.79 Å². The lowest BCUT2D eigenvalue weighted by atomic mass is 9.94. The van der Waals surface area contributed by atoms with Gasteiger partial charge < -0.3 is 9.72 Å². The number of nitrogens with zero attached hydrogens (tertiary/aromatic N) is 2. The molecule has 2 aromatic heterocycles. The molecule has 4 rings (SSSR count). The molecule has 4 aromatic rings. The Hall–Kier alpha value is -2.89. The Morgan fingerprint density at radius 1 is 1.07 bits per heavy atom. The highest BCUT2D eigenvalue weighted by Crippen LogP contribution is 2.30. The highest BCUT2D eigenvalue weighted by atomic mass is 35.5. The first kappa shape index (κ1) is 20.4. The van der Waals surface area contributed by atoms with Crippen LogP contribution in [0.25, 0.3) is 5.65 Å². The van der Waals surface area contributed by atoms with Crippen LogP contribution in [0.15, 0.2) is 60.9 Å². The average molecular weight is 442 g/mol. The van der Waals surface area contributed by atoms with E-state index < -0.39 is 17.8 Å². The summed E-state index contributed by atoms with van der Waals surface area (Å²) in [7, 11) is 0. The predicted octanol–water partition coefficient (Wildman–Crippen LogP) is 5.92.